The van der Waals surface area contributed by atoms with Gasteiger partial charge in [-0.25, -0.2) is 4.39 Å². The maximum atomic E-state index is 13.5. The molecule has 176 valence electrons. The molecule has 2 heterocycles. The molecule has 4 aromatic rings. The normalized spacial score (nSPS) is 11.0. The minimum Gasteiger partial charge on any atom is -0.354 e. The average Bonchev–Trinajstić information content (AvgIpc) is 3.44. The van der Waals surface area contributed by atoms with Gasteiger partial charge in [-0.1, -0.05) is 37.2 Å². The van der Waals surface area contributed by atoms with Crippen molar-refractivity contribution >= 4 is 23.4 Å². The van der Waals surface area contributed by atoms with Crippen LogP contribution in [0.3, 0.4) is 0 Å². The molecule has 0 aliphatic rings. The molecule has 0 saturated heterocycles. The molecule has 2 aromatic heterocycles. The smallest absolute Gasteiger partial charge is 0.234 e. The molecule has 0 aliphatic heterocycles. The number of anilines is 1. The number of carbonyl (C=O) groups excluding carboxylic acids is 1. The summed E-state index contributed by atoms with van der Waals surface area (Å²) in [6.45, 7) is 2.17. The molecule has 0 aliphatic carbocycles. The predicted octanol–water partition coefficient (Wildman–Crippen LogP) is 5.41. The number of nitrogens with zero attached hydrogens (tertiary/aromatic N) is 4. The van der Waals surface area contributed by atoms with E-state index in [1.54, 1.807) is 12.1 Å². The number of hydrogen-bond acceptors (Lipinski definition) is 4. The summed E-state index contributed by atoms with van der Waals surface area (Å²) in [5.41, 5.74) is 3.87. The van der Waals surface area contributed by atoms with E-state index >= 15 is 0 Å². The van der Waals surface area contributed by atoms with E-state index in [1.165, 1.54) is 29.5 Å². The highest BCUT2D eigenvalue weighted by molar-refractivity contribution is 7.99. The zero-order chi connectivity index (χ0) is 23.9. The van der Waals surface area contributed by atoms with Crippen molar-refractivity contribution in [1.29, 1.82) is 0 Å². The van der Waals surface area contributed by atoms with Gasteiger partial charge in [-0.05, 0) is 66.9 Å². The minimum absolute atomic E-state index is 0.121. The van der Waals surface area contributed by atoms with Gasteiger partial charge in [0, 0.05) is 36.7 Å². The van der Waals surface area contributed by atoms with E-state index in [0.717, 1.165) is 42.2 Å². The van der Waals surface area contributed by atoms with Crippen molar-refractivity contribution in [2.24, 2.45) is 7.05 Å². The second-order valence-corrected chi connectivity index (χ2v) is 9.08. The molecule has 0 atom stereocenters. The third kappa shape index (κ3) is 5.94. The standard InChI is InChI=1S/C26H28FN5OS/c1-3-4-6-19-8-12-21(13-9-19)28-25(33)18-34-26-30-29-24(17-23-7-5-16-31(23)2)32(26)22-14-10-20(27)11-15-22/h5,7-16H,3-4,6,17-18H2,1-2H3,(H,28,33). The Balaban J connectivity index is 1.47. The van der Waals surface area contributed by atoms with Crippen LogP contribution in [0.1, 0.15) is 36.8 Å². The number of nitrogens with one attached hydrogen (secondary N) is 1. The Morgan fingerprint density at radius 3 is 2.50 bits per heavy atom. The molecule has 1 N–H and O–H groups in total. The first-order valence-corrected chi connectivity index (χ1v) is 12.3. The third-order valence-electron chi connectivity index (χ3n) is 5.56. The number of benzene rings is 2. The largest absolute Gasteiger partial charge is 0.354 e. The highest BCUT2D eigenvalue weighted by Crippen LogP contribution is 2.24. The van der Waals surface area contributed by atoms with Gasteiger partial charge in [-0.3, -0.25) is 9.36 Å². The number of rotatable bonds is 10. The third-order valence-corrected chi connectivity index (χ3v) is 6.49. The lowest BCUT2D eigenvalue weighted by molar-refractivity contribution is -0.113. The maximum absolute atomic E-state index is 13.5. The van der Waals surface area contributed by atoms with Crippen LogP contribution in [0.2, 0.25) is 0 Å². The molecule has 4 rings (SSSR count). The Morgan fingerprint density at radius 1 is 1.06 bits per heavy atom. The van der Waals surface area contributed by atoms with Crippen molar-refractivity contribution in [3.05, 3.63) is 89.8 Å². The van der Waals surface area contributed by atoms with E-state index in [-0.39, 0.29) is 17.5 Å². The number of halogens is 1. The van der Waals surface area contributed by atoms with Crippen LogP contribution in [0.4, 0.5) is 10.1 Å². The molecule has 34 heavy (non-hydrogen) atoms. The Bertz CT molecular complexity index is 1230. The van der Waals surface area contributed by atoms with Gasteiger partial charge in [0.05, 0.1) is 5.75 Å². The van der Waals surface area contributed by atoms with Crippen molar-refractivity contribution in [2.75, 3.05) is 11.1 Å². The minimum atomic E-state index is -0.310. The molecule has 0 spiro atoms. The summed E-state index contributed by atoms with van der Waals surface area (Å²) in [4.78, 5) is 12.6. The van der Waals surface area contributed by atoms with Gasteiger partial charge in [0.15, 0.2) is 5.16 Å². The first kappa shape index (κ1) is 23.8. The van der Waals surface area contributed by atoms with E-state index < -0.39 is 0 Å². The summed E-state index contributed by atoms with van der Waals surface area (Å²) in [6.07, 6.45) is 5.90. The van der Waals surface area contributed by atoms with E-state index in [2.05, 4.69) is 34.6 Å². The summed E-state index contributed by atoms with van der Waals surface area (Å²) >= 11 is 1.30. The molecule has 0 radical (unpaired) electrons. The van der Waals surface area contributed by atoms with Crippen molar-refractivity contribution < 1.29 is 9.18 Å². The van der Waals surface area contributed by atoms with Crippen LogP contribution in [-0.2, 0) is 24.7 Å². The molecule has 0 fully saturated rings. The van der Waals surface area contributed by atoms with Crippen LogP contribution in [-0.4, -0.2) is 31.0 Å². The quantitative estimate of drug-likeness (QED) is 0.310. The van der Waals surface area contributed by atoms with Crippen LogP contribution < -0.4 is 5.32 Å². The van der Waals surface area contributed by atoms with Gasteiger partial charge in [0.1, 0.15) is 11.6 Å². The number of unbranched alkanes of at least 4 members (excludes halogenated alkanes) is 1. The van der Waals surface area contributed by atoms with Gasteiger partial charge < -0.3 is 9.88 Å². The van der Waals surface area contributed by atoms with Crippen molar-refractivity contribution in [1.82, 2.24) is 19.3 Å². The maximum Gasteiger partial charge on any atom is 0.234 e. The van der Waals surface area contributed by atoms with Crippen LogP contribution in [0.25, 0.3) is 5.69 Å². The topological polar surface area (TPSA) is 64.7 Å². The number of thioether (sulfide) groups is 1. The second-order valence-electron chi connectivity index (χ2n) is 8.14. The predicted molar refractivity (Wildman–Crippen MR) is 134 cm³/mol. The van der Waals surface area contributed by atoms with E-state index in [0.29, 0.717) is 11.6 Å². The zero-order valence-corrected chi connectivity index (χ0v) is 20.2. The van der Waals surface area contributed by atoms with Gasteiger partial charge >= 0.3 is 0 Å². The summed E-state index contributed by atoms with van der Waals surface area (Å²) in [5, 5.41) is 12.2. The highest BCUT2D eigenvalue weighted by Gasteiger charge is 2.17. The fraction of sp³-hybridized carbons (Fsp3) is 0.269. The van der Waals surface area contributed by atoms with E-state index in [1.807, 2.05) is 46.6 Å². The van der Waals surface area contributed by atoms with Crippen LogP contribution >= 0.6 is 11.8 Å². The fourth-order valence-electron chi connectivity index (χ4n) is 3.66. The number of aryl methyl sites for hydroxylation is 2. The molecular formula is C26H28FN5OS. The molecule has 0 saturated carbocycles. The molecule has 2 aromatic carbocycles. The Labute approximate surface area is 203 Å². The lowest BCUT2D eigenvalue weighted by Gasteiger charge is -2.11. The summed E-state index contributed by atoms with van der Waals surface area (Å²) in [6, 6.07) is 18.2. The number of carbonyl (C=O) groups is 1. The van der Waals surface area contributed by atoms with Crippen LogP contribution in [0.5, 0.6) is 0 Å². The summed E-state index contributed by atoms with van der Waals surface area (Å²) < 4.78 is 17.4. The Morgan fingerprint density at radius 2 is 1.82 bits per heavy atom. The second kappa shape index (κ2) is 11.2. The van der Waals surface area contributed by atoms with Crippen molar-refractivity contribution in [2.45, 2.75) is 37.8 Å². The Kier molecular flexibility index (Phi) is 7.80. The van der Waals surface area contributed by atoms with Gasteiger partial charge in [-0.15, -0.1) is 10.2 Å². The number of hydrogen-bond donors (Lipinski definition) is 1. The van der Waals surface area contributed by atoms with Crippen LogP contribution in [0.15, 0.2) is 72.0 Å². The van der Waals surface area contributed by atoms with Crippen molar-refractivity contribution in [3.63, 3.8) is 0 Å². The van der Waals surface area contributed by atoms with E-state index in [9.17, 15) is 9.18 Å². The number of amides is 1. The van der Waals surface area contributed by atoms with Crippen LogP contribution in [0, 0.1) is 5.82 Å². The SMILES string of the molecule is CCCCc1ccc(NC(=O)CSc2nnc(Cc3cccn3C)n2-c2ccc(F)cc2)cc1. The molecule has 1 amide bonds. The molecular weight excluding hydrogens is 449 g/mol. The first-order chi connectivity index (χ1) is 16.5. The number of aromatic nitrogens is 4. The van der Waals surface area contributed by atoms with Crippen molar-refractivity contribution in [3.8, 4) is 5.69 Å². The lowest BCUT2D eigenvalue weighted by atomic mass is 10.1. The van der Waals surface area contributed by atoms with E-state index in [4.69, 9.17) is 0 Å². The highest BCUT2D eigenvalue weighted by atomic mass is 32.2. The summed E-state index contributed by atoms with van der Waals surface area (Å²) in [5.74, 6) is 0.471. The molecule has 8 heteroatoms. The summed E-state index contributed by atoms with van der Waals surface area (Å²) in [7, 11) is 1.98. The molecule has 6 nitrogen and oxygen atoms in total. The van der Waals surface area contributed by atoms with Gasteiger partial charge in [0.2, 0.25) is 5.91 Å². The lowest BCUT2D eigenvalue weighted by Crippen LogP contribution is -2.14. The molecule has 0 unspecified atom stereocenters. The zero-order valence-electron chi connectivity index (χ0n) is 19.4. The Hall–Kier alpha value is -3.39. The fourth-order valence-corrected chi connectivity index (χ4v) is 4.43. The average molecular weight is 478 g/mol. The van der Waals surface area contributed by atoms with Gasteiger partial charge in [-0.2, -0.15) is 0 Å². The van der Waals surface area contributed by atoms with Gasteiger partial charge in [0.25, 0.3) is 0 Å². The monoisotopic (exact) mass is 477 g/mol. The molecule has 0 bridgehead atoms. The first-order valence-electron chi connectivity index (χ1n) is 11.4.